The molecule has 0 aliphatic heterocycles. The van der Waals surface area contributed by atoms with Crippen LogP contribution >= 0.6 is 0 Å². The molecule has 0 fully saturated rings. The van der Waals surface area contributed by atoms with Crippen LogP contribution < -0.4 is 10.9 Å². The summed E-state index contributed by atoms with van der Waals surface area (Å²) >= 11 is 0. The lowest BCUT2D eigenvalue weighted by Gasteiger charge is -2.11. The number of aromatic amines is 1. The standard InChI is InChI=1S/C14H15N3O/c18-14-11-7-3-4-8-12(11)16-13(17-14)9-15-10-5-1-2-6-10/h1-4,7-8,10,15H,5-6,9H2,(H,16,17,18). The summed E-state index contributed by atoms with van der Waals surface area (Å²) in [5.41, 5.74) is 0.685. The minimum Gasteiger partial charge on any atom is -0.309 e. The van der Waals surface area contributed by atoms with Crippen LogP contribution in [-0.2, 0) is 6.54 Å². The molecule has 0 atom stereocenters. The number of hydrogen-bond donors (Lipinski definition) is 2. The molecule has 0 spiro atoms. The smallest absolute Gasteiger partial charge is 0.258 e. The SMILES string of the molecule is O=c1[nH]c(CNC2CC=CC2)nc2ccccc12. The highest BCUT2D eigenvalue weighted by molar-refractivity contribution is 5.77. The maximum Gasteiger partial charge on any atom is 0.258 e. The van der Waals surface area contributed by atoms with Gasteiger partial charge < -0.3 is 10.3 Å². The van der Waals surface area contributed by atoms with Gasteiger partial charge in [-0.15, -0.1) is 0 Å². The van der Waals surface area contributed by atoms with Crippen LogP contribution in [0, 0.1) is 0 Å². The molecule has 4 heteroatoms. The monoisotopic (exact) mass is 241 g/mol. The average Bonchev–Trinajstić information content (AvgIpc) is 2.90. The third-order valence-electron chi connectivity index (χ3n) is 3.23. The molecule has 2 aromatic rings. The van der Waals surface area contributed by atoms with Crippen LogP contribution in [0.15, 0.2) is 41.2 Å². The molecule has 92 valence electrons. The van der Waals surface area contributed by atoms with Crippen molar-refractivity contribution < 1.29 is 0 Å². The highest BCUT2D eigenvalue weighted by atomic mass is 16.1. The van der Waals surface area contributed by atoms with Gasteiger partial charge in [-0.2, -0.15) is 0 Å². The first kappa shape index (κ1) is 11.2. The van der Waals surface area contributed by atoms with Crippen molar-refractivity contribution in [3.63, 3.8) is 0 Å². The van der Waals surface area contributed by atoms with E-state index in [9.17, 15) is 4.79 Å². The van der Waals surface area contributed by atoms with Crippen molar-refractivity contribution >= 4 is 10.9 Å². The molecule has 18 heavy (non-hydrogen) atoms. The number of H-pyrrole nitrogens is 1. The average molecular weight is 241 g/mol. The Bertz CT molecular complexity index is 637. The normalized spacial score (nSPS) is 15.6. The maximum atomic E-state index is 11.9. The Kier molecular flexibility index (Phi) is 2.94. The van der Waals surface area contributed by atoms with Gasteiger partial charge in [0.15, 0.2) is 0 Å². The predicted molar refractivity (Wildman–Crippen MR) is 71.4 cm³/mol. The van der Waals surface area contributed by atoms with E-state index in [1.165, 1.54) is 0 Å². The highest BCUT2D eigenvalue weighted by Gasteiger charge is 2.10. The summed E-state index contributed by atoms with van der Waals surface area (Å²) in [6, 6.07) is 7.88. The van der Waals surface area contributed by atoms with Gasteiger partial charge >= 0.3 is 0 Å². The van der Waals surface area contributed by atoms with Crippen LogP contribution in [0.5, 0.6) is 0 Å². The highest BCUT2D eigenvalue weighted by Crippen LogP contribution is 2.10. The van der Waals surface area contributed by atoms with Gasteiger partial charge in [-0.25, -0.2) is 4.98 Å². The summed E-state index contributed by atoms with van der Waals surface area (Å²) in [4.78, 5) is 19.1. The minimum atomic E-state index is -0.0676. The number of fused-ring (bicyclic) bond motifs is 1. The van der Waals surface area contributed by atoms with E-state index in [1.807, 2.05) is 18.2 Å². The van der Waals surface area contributed by atoms with E-state index >= 15 is 0 Å². The van der Waals surface area contributed by atoms with Gasteiger partial charge in [0.1, 0.15) is 5.82 Å². The lowest BCUT2D eigenvalue weighted by molar-refractivity contribution is 0.527. The van der Waals surface area contributed by atoms with Gasteiger partial charge in [0.2, 0.25) is 0 Å². The van der Waals surface area contributed by atoms with Crippen LogP contribution in [0.2, 0.25) is 0 Å². The summed E-state index contributed by atoms with van der Waals surface area (Å²) in [5, 5.41) is 4.04. The second-order valence-electron chi connectivity index (χ2n) is 4.55. The molecule has 1 aliphatic rings. The molecule has 3 rings (SSSR count). The third-order valence-corrected chi connectivity index (χ3v) is 3.23. The quantitative estimate of drug-likeness (QED) is 0.805. The Hall–Kier alpha value is -1.94. The lowest BCUT2D eigenvalue weighted by atomic mass is 10.2. The fraction of sp³-hybridized carbons (Fsp3) is 0.286. The number of rotatable bonds is 3. The molecule has 0 amide bonds. The molecule has 1 aromatic carbocycles. The van der Waals surface area contributed by atoms with Gasteiger partial charge in [-0.3, -0.25) is 4.79 Å². The van der Waals surface area contributed by atoms with E-state index in [2.05, 4.69) is 27.4 Å². The van der Waals surface area contributed by atoms with Crippen molar-refractivity contribution in [2.45, 2.75) is 25.4 Å². The topological polar surface area (TPSA) is 57.8 Å². The summed E-state index contributed by atoms with van der Waals surface area (Å²) in [6.07, 6.45) is 6.46. The van der Waals surface area contributed by atoms with Crippen LogP contribution in [0.3, 0.4) is 0 Å². The molecule has 0 unspecified atom stereocenters. The zero-order valence-electron chi connectivity index (χ0n) is 10.0. The Morgan fingerprint density at radius 2 is 2.06 bits per heavy atom. The van der Waals surface area contributed by atoms with Gasteiger partial charge in [0, 0.05) is 6.04 Å². The molecule has 0 bridgehead atoms. The third kappa shape index (κ3) is 2.19. The second-order valence-corrected chi connectivity index (χ2v) is 4.55. The Balaban J connectivity index is 1.82. The molecule has 2 N–H and O–H groups in total. The number of hydrogen-bond acceptors (Lipinski definition) is 3. The lowest BCUT2D eigenvalue weighted by Crippen LogP contribution is -2.27. The largest absolute Gasteiger partial charge is 0.309 e. The van der Waals surface area contributed by atoms with Crippen molar-refractivity contribution in [2.24, 2.45) is 0 Å². The zero-order chi connectivity index (χ0) is 12.4. The first-order valence-electron chi connectivity index (χ1n) is 6.19. The molecule has 0 saturated heterocycles. The molecule has 0 radical (unpaired) electrons. The molecule has 4 nitrogen and oxygen atoms in total. The van der Waals surface area contributed by atoms with Gasteiger partial charge in [-0.05, 0) is 25.0 Å². The Labute approximate surface area is 105 Å². The van der Waals surface area contributed by atoms with Crippen molar-refractivity contribution in [3.05, 3.63) is 52.6 Å². The van der Waals surface area contributed by atoms with Crippen molar-refractivity contribution in [2.75, 3.05) is 0 Å². The van der Waals surface area contributed by atoms with Crippen LogP contribution in [0.1, 0.15) is 18.7 Å². The molecule has 1 aliphatic carbocycles. The molecule has 1 heterocycles. The maximum absolute atomic E-state index is 11.9. The van der Waals surface area contributed by atoms with Crippen molar-refractivity contribution in [1.29, 1.82) is 0 Å². The van der Waals surface area contributed by atoms with E-state index in [-0.39, 0.29) is 5.56 Å². The fourth-order valence-electron chi connectivity index (χ4n) is 2.24. The van der Waals surface area contributed by atoms with E-state index < -0.39 is 0 Å². The first-order chi connectivity index (χ1) is 8.83. The van der Waals surface area contributed by atoms with E-state index in [1.54, 1.807) is 6.07 Å². The van der Waals surface area contributed by atoms with E-state index in [0.717, 1.165) is 18.4 Å². The summed E-state index contributed by atoms with van der Waals surface area (Å²) < 4.78 is 0. The van der Waals surface area contributed by atoms with Crippen LogP contribution in [0.25, 0.3) is 10.9 Å². The summed E-state index contributed by atoms with van der Waals surface area (Å²) in [7, 11) is 0. The fourth-order valence-corrected chi connectivity index (χ4v) is 2.24. The summed E-state index contributed by atoms with van der Waals surface area (Å²) in [6.45, 7) is 0.604. The van der Waals surface area contributed by atoms with Crippen LogP contribution in [0.4, 0.5) is 0 Å². The number of aromatic nitrogens is 2. The van der Waals surface area contributed by atoms with Gasteiger partial charge in [0.25, 0.3) is 5.56 Å². The Morgan fingerprint density at radius 3 is 2.89 bits per heavy atom. The number of nitrogens with zero attached hydrogens (tertiary/aromatic N) is 1. The first-order valence-corrected chi connectivity index (χ1v) is 6.19. The number of para-hydroxylation sites is 1. The van der Waals surface area contributed by atoms with E-state index in [4.69, 9.17) is 0 Å². The number of nitrogens with one attached hydrogen (secondary N) is 2. The van der Waals surface area contributed by atoms with Crippen molar-refractivity contribution in [3.8, 4) is 0 Å². The van der Waals surface area contributed by atoms with Crippen molar-refractivity contribution in [1.82, 2.24) is 15.3 Å². The predicted octanol–water partition coefficient (Wildman–Crippen LogP) is 1.73. The summed E-state index contributed by atoms with van der Waals surface area (Å²) in [5.74, 6) is 0.700. The second kappa shape index (κ2) is 4.74. The Morgan fingerprint density at radius 1 is 1.28 bits per heavy atom. The molecular formula is C14H15N3O. The number of benzene rings is 1. The van der Waals surface area contributed by atoms with Gasteiger partial charge in [-0.1, -0.05) is 24.3 Å². The molecule has 0 saturated carbocycles. The molecular weight excluding hydrogens is 226 g/mol. The van der Waals surface area contributed by atoms with E-state index in [0.29, 0.717) is 23.8 Å². The minimum absolute atomic E-state index is 0.0676. The zero-order valence-corrected chi connectivity index (χ0v) is 10.0. The van der Waals surface area contributed by atoms with Gasteiger partial charge in [0.05, 0.1) is 17.4 Å². The van der Waals surface area contributed by atoms with Crippen LogP contribution in [-0.4, -0.2) is 16.0 Å². The molecule has 1 aromatic heterocycles.